The van der Waals surface area contributed by atoms with Crippen LogP contribution in [0.3, 0.4) is 0 Å². The Morgan fingerprint density at radius 1 is 1.05 bits per heavy atom. The third kappa shape index (κ3) is 3.65. The third-order valence-electron chi connectivity index (χ3n) is 3.76. The van der Waals surface area contributed by atoms with E-state index in [1.165, 1.54) is 12.8 Å². The molecule has 20 heavy (non-hydrogen) atoms. The van der Waals surface area contributed by atoms with Crippen molar-refractivity contribution in [1.29, 1.82) is 0 Å². The van der Waals surface area contributed by atoms with Gasteiger partial charge < -0.3 is 14.4 Å². The molecular formula is C16H23NO3. The van der Waals surface area contributed by atoms with Crippen LogP contribution in [0, 0.1) is 0 Å². The minimum atomic E-state index is 0.208. The second-order valence-electron chi connectivity index (χ2n) is 5.16. The molecule has 0 saturated carbocycles. The van der Waals surface area contributed by atoms with E-state index in [9.17, 15) is 4.79 Å². The molecule has 0 unspecified atom stereocenters. The SMILES string of the molecule is COc1ccc(CC(=O)N2CCCCCC2)cc1OC. The molecule has 1 aromatic rings. The summed E-state index contributed by atoms with van der Waals surface area (Å²) >= 11 is 0. The van der Waals surface area contributed by atoms with Gasteiger partial charge >= 0.3 is 0 Å². The highest BCUT2D eigenvalue weighted by molar-refractivity contribution is 5.79. The monoisotopic (exact) mass is 277 g/mol. The van der Waals surface area contributed by atoms with Crippen LogP contribution in [0.1, 0.15) is 31.2 Å². The van der Waals surface area contributed by atoms with Gasteiger partial charge in [-0.05, 0) is 30.5 Å². The number of nitrogens with zero attached hydrogens (tertiary/aromatic N) is 1. The number of carbonyl (C=O) groups excluding carboxylic acids is 1. The summed E-state index contributed by atoms with van der Waals surface area (Å²) < 4.78 is 10.5. The van der Waals surface area contributed by atoms with Gasteiger partial charge in [-0.1, -0.05) is 18.9 Å². The van der Waals surface area contributed by atoms with Crippen molar-refractivity contribution in [3.8, 4) is 11.5 Å². The number of likely N-dealkylation sites (tertiary alicyclic amines) is 1. The zero-order valence-corrected chi connectivity index (χ0v) is 12.4. The number of ether oxygens (including phenoxy) is 2. The van der Waals surface area contributed by atoms with Gasteiger partial charge in [-0.15, -0.1) is 0 Å². The average Bonchev–Trinajstić information content (AvgIpc) is 2.76. The van der Waals surface area contributed by atoms with Crippen LogP contribution in [0.4, 0.5) is 0 Å². The number of methoxy groups -OCH3 is 2. The van der Waals surface area contributed by atoms with E-state index >= 15 is 0 Å². The van der Waals surface area contributed by atoms with E-state index < -0.39 is 0 Å². The minimum absolute atomic E-state index is 0.208. The summed E-state index contributed by atoms with van der Waals surface area (Å²) in [5, 5.41) is 0. The van der Waals surface area contributed by atoms with E-state index in [2.05, 4.69) is 0 Å². The number of benzene rings is 1. The fourth-order valence-electron chi connectivity index (χ4n) is 2.60. The average molecular weight is 277 g/mol. The van der Waals surface area contributed by atoms with Crippen molar-refractivity contribution in [2.45, 2.75) is 32.1 Å². The summed E-state index contributed by atoms with van der Waals surface area (Å²) in [4.78, 5) is 14.3. The van der Waals surface area contributed by atoms with Crippen molar-refractivity contribution < 1.29 is 14.3 Å². The first-order chi connectivity index (χ1) is 9.74. The van der Waals surface area contributed by atoms with Gasteiger partial charge in [0.25, 0.3) is 0 Å². The van der Waals surface area contributed by atoms with Crippen LogP contribution < -0.4 is 9.47 Å². The van der Waals surface area contributed by atoms with Gasteiger partial charge in [-0.25, -0.2) is 0 Å². The Morgan fingerprint density at radius 3 is 2.30 bits per heavy atom. The Bertz CT molecular complexity index is 451. The summed E-state index contributed by atoms with van der Waals surface area (Å²) in [6.07, 6.45) is 5.15. The lowest BCUT2D eigenvalue weighted by Crippen LogP contribution is -2.33. The van der Waals surface area contributed by atoms with Crippen LogP contribution in [0.2, 0.25) is 0 Å². The summed E-state index contributed by atoms with van der Waals surface area (Å²) in [5.41, 5.74) is 0.969. The van der Waals surface area contributed by atoms with Crippen molar-refractivity contribution >= 4 is 5.91 Å². The van der Waals surface area contributed by atoms with E-state index in [-0.39, 0.29) is 5.91 Å². The lowest BCUT2D eigenvalue weighted by molar-refractivity contribution is -0.130. The Morgan fingerprint density at radius 2 is 1.70 bits per heavy atom. The molecule has 0 bridgehead atoms. The van der Waals surface area contributed by atoms with Crippen LogP contribution in [0.15, 0.2) is 18.2 Å². The highest BCUT2D eigenvalue weighted by Gasteiger charge is 2.16. The van der Waals surface area contributed by atoms with E-state index in [1.54, 1.807) is 14.2 Å². The molecule has 1 amide bonds. The van der Waals surface area contributed by atoms with Crippen molar-refractivity contribution in [3.05, 3.63) is 23.8 Å². The van der Waals surface area contributed by atoms with E-state index in [0.717, 1.165) is 31.5 Å². The maximum absolute atomic E-state index is 12.3. The quantitative estimate of drug-likeness (QED) is 0.849. The molecule has 1 fully saturated rings. The molecule has 0 aromatic heterocycles. The Kier molecular flexibility index (Phi) is 5.27. The first kappa shape index (κ1) is 14.7. The molecule has 2 rings (SSSR count). The molecule has 4 heteroatoms. The van der Waals surface area contributed by atoms with Gasteiger partial charge in [0.1, 0.15) is 0 Å². The van der Waals surface area contributed by atoms with Gasteiger partial charge in [-0.3, -0.25) is 4.79 Å². The highest BCUT2D eigenvalue weighted by atomic mass is 16.5. The number of hydrogen-bond donors (Lipinski definition) is 0. The maximum atomic E-state index is 12.3. The van der Waals surface area contributed by atoms with E-state index in [1.807, 2.05) is 23.1 Å². The van der Waals surface area contributed by atoms with Crippen LogP contribution >= 0.6 is 0 Å². The second kappa shape index (κ2) is 7.17. The highest BCUT2D eigenvalue weighted by Crippen LogP contribution is 2.28. The van der Waals surface area contributed by atoms with Crippen molar-refractivity contribution in [3.63, 3.8) is 0 Å². The molecule has 0 N–H and O–H groups in total. The van der Waals surface area contributed by atoms with Crippen LogP contribution in [-0.4, -0.2) is 38.1 Å². The van der Waals surface area contributed by atoms with Gasteiger partial charge in [0.05, 0.1) is 20.6 Å². The van der Waals surface area contributed by atoms with Crippen molar-refractivity contribution in [2.24, 2.45) is 0 Å². The molecule has 0 atom stereocenters. The fourth-order valence-corrected chi connectivity index (χ4v) is 2.60. The lowest BCUT2D eigenvalue weighted by atomic mass is 10.1. The van der Waals surface area contributed by atoms with Gasteiger partial charge in [0.2, 0.25) is 5.91 Å². The largest absolute Gasteiger partial charge is 0.493 e. The first-order valence-corrected chi connectivity index (χ1v) is 7.23. The Hall–Kier alpha value is -1.71. The summed E-state index contributed by atoms with van der Waals surface area (Å²) in [7, 11) is 3.22. The second-order valence-corrected chi connectivity index (χ2v) is 5.16. The molecule has 1 saturated heterocycles. The lowest BCUT2D eigenvalue weighted by Gasteiger charge is -2.20. The zero-order chi connectivity index (χ0) is 14.4. The van der Waals surface area contributed by atoms with E-state index in [0.29, 0.717) is 17.9 Å². The first-order valence-electron chi connectivity index (χ1n) is 7.23. The summed E-state index contributed by atoms with van der Waals surface area (Å²) in [6.45, 7) is 1.79. The predicted octanol–water partition coefficient (Wildman–Crippen LogP) is 2.65. The molecule has 0 spiro atoms. The van der Waals surface area contributed by atoms with Crippen molar-refractivity contribution in [2.75, 3.05) is 27.3 Å². The van der Waals surface area contributed by atoms with E-state index in [4.69, 9.17) is 9.47 Å². The number of rotatable bonds is 4. The summed E-state index contributed by atoms with van der Waals surface area (Å²) in [6, 6.07) is 5.66. The third-order valence-corrected chi connectivity index (χ3v) is 3.76. The smallest absolute Gasteiger partial charge is 0.226 e. The predicted molar refractivity (Wildman–Crippen MR) is 78.3 cm³/mol. The van der Waals surface area contributed by atoms with Crippen molar-refractivity contribution in [1.82, 2.24) is 4.90 Å². The van der Waals surface area contributed by atoms with Crippen LogP contribution in [0.5, 0.6) is 11.5 Å². The molecule has 1 heterocycles. The molecule has 4 nitrogen and oxygen atoms in total. The minimum Gasteiger partial charge on any atom is -0.493 e. The zero-order valence-electron chi connectivity index (χ0n) is 12.4. The molecule has 1 aliphatic heterocycles. The van der Waals surface area contributed by atoms with Gasteiger partial charge in [-0.2, -0.15) is 0 Å². The number of carbonyl (C=O) groups is 1. The Balaban J connectivity index is 2.03. The summed E-state index contributed by atoms with van der Waals surface area (Å²) in [5.74, 6) is 1.58. The van der Waals surface area contributed by atoms with Crippen LogP contribution in [0.25, 0.3) is 0 Å². The molecule has 1 aliphatic rings. The molecule has 0 radical (unpaired) electrons. The standard InChI is InChI=1S/C16H23NO3/c1-19-14-8-7-13(11-15(14)20-2)12-16(18)17-9-5-3-4-6-10-17/h7-8,11H,3-6,9-10,12H2,1-2H3. The molecule has 1 aromatic carbocycles. The molecule has 0 aliphatic carbocycles. The number of amides is 1. The molecular weight excluding hydrogens is 254 g/mol. The van der Waals surface area contributed by atoms with Gasteiger partial charge in [0, 0.05) is 13.1 Å². The topological polar surface area (TPSA) is 38.8 Å². The maximum Gasteiger partial charge on any atom is 0.226 e. The molecule has 110 valence electrons. The van der Waals surface area contributed by atoms with Crippen LogP contribution in [-0.2, 0) is 11.2 Å². The fraction of sp³-hybridized carbons (Fsp3) is 0.562. The van der Waals surface area contributed by atoms with Gasteiger partial charge in [0.15, 0.2) is 11.5 Å². The number of hydrogen-bond acceptors (Lipinski definition) is 3. The normalized spacial score (nSPS) is 15.6. The Labute approximate surface area is 120 Å².